The first-order valence-electron chi connectivity index (χ1n) is 6.65. The Morgan fingerprint density at radius 2 is 1.56 bits per heavy atom. The number of likely N-dealkylation sites (N-methyl/N-ethyl adjacent to an activating group) is 1. The van der Waals surface area contributed by atoms with Crippen LogP contribution in [0.25, 0.3) is 0 Å². The van der Waals surface area contributed by atoms with Gasteiger partial charge >= 0.3 is 0 Å². The predicted octanol–water partition coefficient (Wildman–Crippen LogP) is 2.84. The Kier molecular flexibility index (Phi) is 4.07. The van der Waals surface area contributed by atoms with Crippen LogP contribution in [0, 0.1) is 5.41 Å². The average molecular weight is 226 g/mol. The summed E-state index contributed by atoms with van der Waals surface area (Å²) in [4.78, 5) is 5.28. The summed E-state index contributed by atoms with van der Waals surface area (Å²) < 4.78 is 0. The zero-order valence-electron chi connectivity index (χ0n) is 12.3. The summed E-state index contributed by atoms with van der Waals surface area (Å²) in [6.45, 7) is 21.2. The van der Waals surface area contributed by atoms with Gasteiger partial charge in [-0.05, 0) is 32.7 Å². The molecule has 1 fully saturated rings. The molecule has 0 bridgehead atoms. The van der Waals surface area contributed by atoms with E-state index in [4.69, 9.17) is 0 Å². The van der Waals surface area contributed by atoms with Gasteiger partial charge in [-0.15, -0.1) is 0 Å². The molecule has 0 aromatic rings. The van der Waals surface area contributed by atoms with Crippen LogP contribution >= 0.6 is 0 Å². The molecule has 0 aromatic heterocycles. The van der Waals surface area contributed by atoms with Gasteiger partial charge in [0.05, 0.1) is 0 Å². The molecular weight excluding hydrogens is 196 g/mol. The third-order valence-electron chi connectivity index (χ3n) is 3.77. The Balaban J connectivity index is 2.85. The largest absolute Gasteiger partial charge is 0.301 e. The van der Waals surface area contributed by atoms with Gasteiger partial charge in [0.15, 0.2) is 0 Å². The van der Waals surface area contributed by atoms with E-state index in [0.717, 1.165) is 0 Å². The fraction of sp³-hybridized carbons (Fsp3) is 1.00. The van der Waals surface area contributed by atoms with Crippen molar-refractivity contribution in [3.05, 3.63) is 0 Å². The van der Waals surface area contributed by atoms with Gasteiger partial charge in [-0.25, -0.2) is 0 Å². The zero-order valence-corrected chi connectivity index (χ0v) is 12.3. The molecule has 2 heteroatoms. The fourth-order valence-corrected chi connectivity index (χ4v) is 2.67. The molecule has 0 amide bonds. The number of hydrogen-bond acceptors (Lipinski definition) is 2. The van der Waals surface area contributed by atoms with Crippen molar-refractivity contribution in [2.45, 2.75) is 60.0 Å². The standard InChI is InChI=1S/C14H30N2/c1-8-15-9-10-16(14(5,6)7)12(11-15)13(2,3)4/h12H,8-11H2,1-7H3/t12-/m0/s1. The Labute approximate surface area is 102 Å². The molecule has 1 aliphatic rings. The zero-order chi connectivity index (χ0) is 12.6. The maximum Gasteiger partial charge on any atom is 0.0277 e. The van der Waals surface area contributed by atoms with E-state index >= 15 is 0 Å². The maximum absolute atomic E-state index is 2.69. The number of nitrogens with zero attached hydrogens (tertiary/aromatic N) is 2. The Hall–Kier alpha value is -0.0800. The molecule has 0 aliphatic carbocycles. The van der Waals surface area contributed by atoms with Crippen molar-refractivity contribution in [1.82, 2.24) is 9.80 Å². The predicted molar refractivity (Wildman–Crippen MR) is 71.8 cm³/mol. The van der Waals surface area contributed by atoms with Crippen LogP contribution in [0.15, 0.2) is 0 Å². The minimum absolute atomic E-state index is 0.289. The van der Waals surface area contributed by atoms with Crippen molar-refractivity contribution in [3.63, 3.8) is 0 Å². The van der Waals surface area contributed by atoms with Crippen molar-refractivity contribution >= 4 is 0 Å². The summed E-state index contributed by atoms with van der Waals surface area (Å²) in [5.74, 6) is 0. The van der Waals surface area contributed by atoms with E-state index in [1.54, 1.807) is 0 Å². The molecule has 1 heterocycles. The van der Waals surface area contributed by atoms with E-state index in [9.17, 15) is 0 Å². The highest BCUT2D eigenvalue weighted by atomic mass is 15.3. The molecule has 1 atom stereocenters. The summed E-state index contributed by atoms with van der Waals surface area (Å²) in [6, 6.07) is 0.668. The summed E-state index contributed by atoms with van der Waals surface area (Å²) in [5.41, 5.74) is 0.652. The first kappa shape index (κ1) is 14.0. The highest BCUT2D eigenvalue weighted by Gasteiger charge is 2.39. The smallest absolute Gasteiger partial charge is 0.0277 e. The van der Waals surface area contributed by atoms with Crippen LogP contribution in [-0.4, -0.2) is 47.6 Å². The highest BCUT2D eigenvalue weighted by molar-refractivity contribution is 4.94. The van der Waals surface area contributed by atoms with E-state index in [0.29, 0.717) is 11.5 Å². The first-order valence-corrected chi connectivity index (χ1v) is 6.65. The first-order chi connectivity index (χ1) is 7.16. The van der Waals surface area contributed by atoms with Crippen LogP contribution < -0.4 is 0 Å². The molecule has 16 heavy (non-hydrogen) atoms. The van der Waals surface area contributed by atoms with E-state index in [1.807, 2.05) is 0 Å². The van der Waals surface area contributed by atoms with Gasteiger partial charge in [-0.2, -0.15) is 0 Å². The molecule has 1 rings (SSSR count). The van der Waals surface area contributed by atoms with Crippen molar-refractivity contribution in [2.75, 3.05) is 26.2 Å². The monoisotopic (exact) mass is 226 g/mol. The molecule has 1 saturated heterocycles. The third kappa shape index (κ3) is 3.21. The van der Waals surface area contributed by atoms with Gasteiger partial charge in [-0.3, -0.25) is 4.90 Å². The van der Waals surface area contributed by atoms with Crippen molar-refractivity contribution in [3.8, 4) is 0 Å². The molecular formula is C14H30N2. The number of hydrogen-bond donors (Lipinski definition) is 0. The van der Waals surface area contributed by atoms with Crippen molar-refractivity contribution < 1.29 is 0 Å². The van der Waals surface area contributed by atoms with Crippen LogP contribution in [0.2, 0.25) is 0 Å². The molecule has 0 N–H and O–H groups in total. The topological polar surface area (TPSA) is 6.48 Å². The average Bonchev–Trinajstić information content (AvgIpc) is 2.14. The quantitative estimate of drug-likeness (QED) is 0.678. The van der Waals surface area contributed by atoms with E-state index in [2.05, 4.69) is 58.3 Å². The van der Waals surface area contributed by atoms with Crippen LogP contribution in [0.5, 0.6) is 0 Å². The second kappa shape index (κ2) is 4.66. The second-order valence-corrected chi connectivity index (χ2v) is 7.14. The molecule has 0 radical (unpaired) electrons. The second-order valence-electron chi connectivity index (χ2n) is 7.14. The van der Waals surface area contributed by atoms with Crippen LogP contribution in [0.3, 0.4) is 0 Å². The SMILES string of the molecule is CCN1CCN(C(C)(C)C)[C@H](C(C)(C)C)C1. The molecule has 1 aliphatic heterocycles. The third-order valence-corrected chi connectivity index (χ3v) is 3.77. The lowest BCUT2D eigenvalue weighted by atomic mass is 9.82. The highest BCUT2D eigenvalue weighted by Crippen LogP contribution is 2.32. The molecule has 0 aromatic carbocycles. The van der Waals surface area contributed by atoms with Crippen LogP contribution in [0.4, 0.5) is 0 Å². The fourth-order valence-electron chi connectivity index (χ4n) is 2.67. The molecule has 2 nitrogen and oxygen atoms in total. The Morgan fingerprint density at radius 3 is 1.94 bits per heavy atom. The maximum atomic E-state index is 2.69. The lowest BCUT2D eigenvalue weighted by molar-refractivity contribution is -0.0350. The minimum atomic E-state index is 0.289. The number of rotatable bonds is 1. The van der Waals surface area contributed by atoms with E-state index in [1.165, 1.54) is 26.2 Å². The summed E-state index contributed by atoms with van der Waals surface area (Å²) in [6.07, 6.45) is 0. The summed E-state index contributed by atoms with van der Waals surface area (Å²) in [5, 5.41) is 0. The lowest BCUT2D eigenvalue weighted by Crippen LogP contribution is -2.63. The van der Waals surface area contributed by atoms with E-state index < -0.39 is 0 Å². The van der Waals surface area contributed by atoms with Gasteiger partial charge < -0.3 is 4.90 Å². The number of piperazine rings is 1. The van der Waals surface area contributed by atoms with Crippen LogP contribution in [0.1, 0.15) is 48.5 Å². The van der Waals surface area contributed by atoms with Gasteiger partial charge in [0.1, 0.15) is 0 Å². The molecule has 0 unspecified atom stereocenters. The molecule has 96 valence electrons. The normalized spacial score (nSPS) is 26.1. The van der Waals surface area contributed by atoms with Crippen LogP contribution in [-0.2, 0) is 0 Å². The van der Waals surface area contributed by atoms with Gasteiger partial charge in [-0.1, -0.05) is 27.7 Å². The molecule has 0 spiro atoms. The van der Waals surface area contributed by atoms with Gasteiger partial charge in [0.25, 0.3) is 0 Å². The minimum Gasteiger partial charge on any atom is -0.301 e. The Morgan fingerprint density at radius 1 is 1.00 bits per heavy atom. The lowest BCUT2D eigenvalue weighted by Gasteiger charge is -2.52. The summed E-state index contributed by atoms with van der Waals surface area (Å²) in [7, 11) is 0. The molecule has 0 saturated carbocycles. The summed E-state index contributed by atoms with van der Waals surface area (Å²) >= 11 is 0. The van der Waals surface area contributed by atoms with E-state index in [-0.39, 0.29) is 5.54 Å². The van der Waals surface area contributed by atoms with Gasteiger partial charge in [0.2, 0.25) is 0 Å². The van der Waals surface area contributed by atoms with Gasteiger partial charge in [0, 0.05) is 31.2 Å². The van der Waals surface area contributed by atoms with Crippen molar-refractivity contribution in [1.29, 1.82) is 0 Å². The Bertz CT molecular complexity index is 222. The van der Waals surface area contributed by atoms with Crippen molar-refractivity contribution in [2.24, 2.45) is 5.41 Å².